The van der Waals surface area contributed by atoms with Gasteiger partial charge >= 0.3 is 0 Å². The van der Waals surface area contributed by atoms with Crippen LogP contribution >= 0.6 is 0 Å². The van der Waals surface area contributed by atoms with Gasteiger partial charge in [-0.1, -0.05) is 60.7 Å². The molecule has 4 rings (SSSR count). The van der Waals surface area contributed by atoms with Gasteiger partial charge in [0.05, 0.1) is 12.2 Å². The number of rotatable bonds is 14. The highest BCUT2D eigenvalue weighted by molar-refractivity contribution is 6.02. The Balaban J connectivity index is 1.38. The van der Waals surface area contributed by atoms with Crippen LogP contribution in [0.3, 0.4) is 0 Å². The second kappa shape index (κ2) is 15.8. The summed E-state index contributed by atoms with van der Waals surface area (Å²) < 4.78 is 11.0. The first-order valence-electron chi connectivity index (χ1n) is 14.3. The van der Waals surface area contributed by atoms with E-state index in [1.165, 1.54) is 5.56 Å². The van der Waals surface area contributed by atoms with Crippen molar-refractivity contribution in [2.75, 3.05) is 49.7 Å². The Morgan fingerprint density at radius 1 is 0.900 bits per heavy atom. The highest BCUT2D eigenvalue weighted by atomic mass is 16.5. The topological polar surface area (TPSA) is 79.9 Å². The summed E-state index contributed by atoms with van der Waals surface area (Å²) in [5, 5.41) is 5.92. The summed E-state index contributed by atoms with van der Waals surface area (Å²) in [6.07, 6.45) is 3.97. The molecule has 0 radical (unpaired) electrons. The van der Waals surface area contributed by atoms with Crippen LogP contribution in [0.15, 0.2) is 78.9 Å². The number of carbonyl (C=O) groups is 2. The summed E-state index contributed by atoms with van der Waals surface area (Å²) in [5.74, 6) is 0.228. The number of amides is 2. The number of benzene rings is 3. The number of piperidine rings is 1. The Hall–Kier alpha value is -3.68. The zero-order valence-electron chi connectivity index (χ0n) is 23.4. The van der Waals surface area contributed by atoms with E-state index in [1.807, 2.05) is 49.4 Å². The number of nitrogens with zero attached hydrogens (tertiary/aromatic N) is 1. The van der Waals surface area contributed by atoms with Gasteiger partial charge in [-0.25, -0.2) is 0 Å². The van der Waals surface area contributed by atoms with Crippen molar-refractivity contribution < 1.29 is 19.1 Å². The van der Waals surface area contributed by atoms with E-state index in [0.717, 1.165) is 50.0 Å². The van der Waals surface area contributed by atoms with Crippen molar-refractivity contribution in [2.45, 2.75) is 39.2 Å². The lowest BCUT2D eigenvalue weighted by atomic mass is 9.89. The second-order valence-corrected chi connectivity index (χ2v) is 10.2. The first-order valence-corrected chi connectivity index (χ1v) is 14.3. The van der Waals surface area contributed by atoms with Crippen LogP contribution in [0.1, 0.15) is 47.7 Å². The van der Waals surface area contributed by atoms with E-state index in [2.05, 4.69) is 45.9 Å². The lowest BCUT2D eigenvalue weighted by Gasteiger charge is -2.35. The molecule has 2 N–H and O–H groups in total. The molecule has 0 atom stereocenters. The first kappa shape index (κ1) is 29.3. The minimum atomic E-state index is -0.256. The Morgan fingerprint density at radius 3 is 2.30 bits per heavy atom. The number of hydrogen-bond donors (Lipinski definition) is 2. The van der Waals surface area contributed by atoms with Crippen LogP contribution in [0.4, 0.5) is 11.4 Å². The Morgan fingerprint density at radius 2 is 1.60 bits per heavy atom. The molecule has 1 saturated heterocycles. The third kappa shape index (κ3) is 9.21. The molecule has 1 heterocycles. The average molecular weight is 544 g/mol. The van der Waals surface area contributed by atoms with E-state index >= 15 is 0 Å². The molecule has 0 bridgehead atoms. The molecule has 0 saturated carbocycles. The van der Waals surface area contributed by atoms with Crippen molar-refractivity contribution >= 4 is 23.2 Å². The van der Waals surface area contributed by atoms with Gasteiger partial charge in [0, 0.05) is 44.2 Å². The van der Waals surface area contributed by atoms with Crippen LogP contribution in [0.25, 0.3) is 0 Å². The monoisotopic (exact) mass is 543 g/mol. The molecule has 1 fully saturated rings. The highest BCUT2D eigenvalue weighted by Gasteiger charge is 2.24. The minimum absolute atomic E-state index is 0.0649. The summed E-state index contributed by atoms with van der Waals surface area (Å²) in [6.45, 7) is 5.84. The Kier molecular flexibility index (Phi) is 11.6. The molecule has 0 aromatic heterocycles. The number of hydrogen-bond acceptors (Lipinski definition) is 5. The fraction of sp³-hybridized carbons (Fsp3) is 0.394. The molecule has 0 spiro atoms. The third-order valence-corrected chi connectivity index (χ3v) is 7.15. The lowest BCUT2D eigenvalue weighted by molar-refractivity contribution is -0.121. The quantitative estimate of drug-likeness (QED) is 0.264. The van der Waals surface area contributed by atoms with Gasteiger partial charge in [0.25, 0.3) is 5.91 Å². The minimum Gasteiger partial charge on any atom is -0.382 e. The zero-order valence-corrected chi connectivity index (χ0v) is 23.4. The van der Waals surface area contributed by atoms with Gasteiger partial charge < -0.3 is 25.0 Å². The number of ether oxygens (including phenoxy) is 2. The standard InChI is InChI=1S/C33H41N3O4/c1-2-39-21-9-18-34-33(38)30-23-29(35-32(37)25-40-24-28-12-7-4-8-13-28)14-15-31(30)36-19-16-27(17-20-36)22-26-10-5-3-6-11-26/h3-8,10-15,23,27H,2,9,16-22,24-25H2,1H3,(H,34,38)(H,35,37). The summed E-state index contributed by atoms with van der Waals surface area (Å²) in [6, 6.07) is 26.0. The largest absolute Gasteiger partial charge is 0.382 e. The third-order valence-electron chi connectivity index (χ3n) is 7.15. The molecule has 3 aromatic rings. The van der Waals surface area contributed by atoms with Gasteiger partial charge in [-0.3, -0.25) is 9.59 Å². The highest BCUT2D eigenvalue weighted by Crippen LogP contribution is 2.30. The van der Waals surface area contributed by atoms with Crippen molar-refractivity contribution in [3.05, 3.63) is 95.6 Å². The van der Waals surface area contributed by atoms with E-state index in [9.17, 15) is 9.59 Å². The van der Waals surface area contributed by atoms with Crippen LogP contribution in [-0.2, 0) is 27.3 Å². The van der Waals surface area contributed by atoms with Gasteiger partial charge in [-0.2, -0.15) is 0 Å². The lowest BCUT2D eigenvalue weighted by Crippen LogP contribution is -2.36. The van der Waals surface area contributed by atoms with Crippen LogP contribution in [0, 0.1) is 5.92 Å². The molecule has 0 aliphatic carbocycles. The molecule has 40 heavy (non-hydrogen) atoms. The average Bonchev–Trinajstić information content (AvgIpc) is 2.98. The molecule has 7 nitrogen and oxygen atoms in total. The fourth-order valence-electron chi connectivity index (χ4n) is 5.05. The maximum Gasteiger partial charge on any atom is 0.253 e. The molecule has 1 aliphatic rings. The molecule has 7 heteroatoms. The molecule has 1 aliphatic heterocycles. The van der Waals surface area contributed by atoms with Crippen molar-refractivity contribution in [3.63, 3.8) is 0 Å². The Labute approximate surface area is 237 Å². The normalized spacial score (nSPS) is 13.7. The van der Waals surface area contributed by atoms with Crippen molar-refractivity contribution in [1.82, 2.24) is 5.32 Å². The summed E-state index contributed by atoms with van der Waals surface area (Å²) in [5.41, 5.74) is 4.44. The predicted octanol–water partition coefficient (Wildman–Crippen LogP) is 5.46. The molecule has 2 amide bonds. The van der Waals surface area contributed by atoms with Gasteiger partial charge in [-0.15, -0.1) is 0 Å². The van der Waals surface area contributed by atoms with Gasteiger partial charge in [0.15, 0.2) is 0 Å². The van der Waals surface area contributed by atoms with E-state index in [4.69, 9.17) is 9.47 Å². The maximum absolute atomic E-state index is 13.3. The first-order chi connectivity index (χ1) is 19.6. The molecule has 0 unspecified atom stereocenters. The SMILES string of the molecule is CCOCCCNC(=O)c1cc(NC(=O)COCc2ccccc2)ccc1N1CCC(Cc2ccccc2)CC1. The van der Waals surface area contributed by atoms with Gasteiger partial charge in [0.1, 0.15) is 6.61 Å². The molecule has 212 valence electrons. The van der Waals surface area contributed by atoms with Gasteiger partial charge in [-0.05, 0) is 67.9 Å². The van der Waals surface area contributed by atoms with Crippen LogP contribution in [-0.4, -0.2) is 51.3 Å². The smallest absolute Gasteiger partial charge is 0.253 e. The summed E-state index contributed by atoms with van der Waals surface area (Å²) in [4.78, 5) is 28.2. The van der Waals surface area contributed by atoms with E-state index in [1.54, 1.807) is 6.07 Å². The number of anilines is 2. The van der Waals surface area contributed by atoms with E-state index in [0.29, 0.717) is 43.5 Å². The number of nitrogens with one attached hydrogen (secondary N) is 2. The number of carbonyl (C=O) groups excluding carboxylic acids is 2. The van der Waals surface area contributed by atoms with E-state index < -0.39 is 0 Å². The van der Waals surface area contributed by atoms with Crippen molar-refractivity contribution in [1.29, 1.82) is 0 Å². The fourth-order valence-corrected chi connectivity index (χ4v) is 5.05. The van der Waals surface area contributed by atoms with Gasteiger partial charge in [0.2, 0.25) is 5.91 Å². The molecular weight excluding hydrogens is 502 g/mol. The second-order valence-electron chi connectivity index (χ2n) is 10.2. The maximum atomic E-state index is 13.3. The Bertz CT molecular complexity index is 1190. The summed E-state index contributed by atoms with van der Waals surface area (Å²) in [7, 11) is 0. The zero-order chi connectivity index (χ0) is 28.0. The summed E-state index contributed by atoms with van der Waals surface area (Å²) >= 11 is 0. The van der Waals surface area contributed by atoms with Crippen LogP contribution < -0.4 is 15.5 Å². The van der Waals surface area contributed by atoms with Crippen molar-refractivity contribution in [3.8, 4) is 0 Å². The van der Waals surface area contributed by atoms with Crippen LogP contribution in [0.2, 0.25) is 0 Å². The molecule has 3 aromatic carbocycles. The predicted molar refractivity (Wildman–Crippen MR) is 160 cm³/mol. The van der Waals surface area contributed by atoms with E-state index in [-0.39, 0.29) is 18.4 Å². The molecular formula is C33H41N3O4. The van der Waals surface area contributed by atoms with Crippen molar-refractivity contribution in [2.24, 2.45) is 5.92 Å². The van der Waals surface area contributed by atoms with Crippen LogP contribution in [0.5, 0.6) is 0 Å².